The van der Waals surface area contributed by atoms with Gasteiger partial charge in [0.2, 0.25) is 0 Å². The van der Waals surface area contributed by atoms with E-state index in [9.17, 15) is 4.79 Å². The van der Waals surface area contributed by atoms with Gasteiger partial charge in [0, 0.05) is 0 Å². The number of nitrogens with one attached hydrogen (secondary N) is 1. The van der Waals surface area contributed by atoms with Gasteiger partial charge >= 0.3 is 148 Å². The molecule has 23 heavy (non-hydrogen) atoms. The topological polar surface area (TPSA) is 51.7 Å². The molecule has 1 fully saturated rings. The second-order valence-electron chi connectivity index (χ2n) is 6.02. The van der Waals surface area contributed by atoms with Crippen LogP contribution in [0.4, 0.5) is 16.3 Å². The number of pyridine rings is 1. The van der Waals surface area contributed by atoms with Crippen LogP contribution < -0.4 is 10.2 Å². The van der Waals surface area contributed by atoms with Gasteiger partial charge in [0.1, 0.15) is 0 Å². The van der Waals surface area contributed by atoms with Crippen LogP contribution in [-0.4, -0.2) is 77.5 Å². The molecule has 2 amide bonds. The molecule has 3 heterocycles. The summed E-state index contributed by atoms with van der Waals surface area (Å²) in [6, 6.07) is 4.57. The second-order valence-corrected chi connectivity index (χ2v) is 9.56. The van der Waals surface area contributed by atoms with E-state index in [4.69, 9.17) is 0 Å². The van der Waals surface area contributed by atoms with Crippen molar-refractivity contribution in [1.82, 2.24) is 12.8 Å². The van der Waals surface area contributed by atoms with Crippen molar-refractivity contribution < 1.29 is 4.79 Å². The van der Waals surface area contributed by atoms with Gasteiger partial charge in [-0.25, -0.2) is 0 Å². The fraction of sp³-hybridized carbons (Fsp3) is 0.438. The standard InChI is InChI=1S/C16H23N5O.In/c1-4-7-18-16(22)21-11-9-20(10-12-21)15-14(19-13(2)3)6-5-8-17-15;/h1,4-8,13,19H,9-12H2,2-3H3,(H,18,22);/q;+1/p-1. The van der Waals surface area contributed by atoms with Gasteiger partial charge in [-0.3, -0.25) is 0 Å². The molecular formula is C16H22InN5O. The molecule has 0 atom stereocenters. The summed E-state index contributed by atoms with van der Waals surface area (Å²) in [5.41, 5.74) is 1.06. The van der Waals surface area contributed by atoms with Crippen molar-refractivity contribution in [3.63, 3.8) is 0 Å². The van der Waals surface area contributed by atoms with Crippen molar-refractivity contribution in [3.8, 4) is 0 Å². The van der Waals surface area contributed by atoms with Crippen molar-refractivity contribution >= 4 is 44.0 Å². The first-order valence-corrected chi connectivity index (χ1v) is 11.4. The number of carbonyl (C=O) groups is 1. The van der Waals surface area contributed by atoms with Gasteiger partial charge in [0.15, 0.2) is 0 Å². The van der Waals surface area contributed by atoms with E-state index in [2.05, 4.69) is 38.9 Å². The molecule has 1 aromatic rings. The fourth-order valence-electron chi connectivity index (χ4n) is 2.81. The molecule has 6 nitrogen and oxygen atoms in total. The average molecular weight is 415 g/mol. The molecule has 2 aliphatic rings. The van der Waals surface area contributed by atoms with Gasteiger partial charge in [-0.15, -0.1) is 0 Å². The number of hydrogen-bond acceptors (Lipinski definition) is 4. The van der Waals surface area contributed by atoms with Crippen LogP contribution in [0.3, 0.4) is 0 Å². The maximum atomic E-state index is 12.4. The predicted octanol–water partition coefficient (Wildman–Crippen LogP) is 1.39. The fourth-order valence-corrected chi connectivity index (χ4v) is 5.30. The van der Waals surface area contributed by atoms with Gasteiger partial charge < -0.3 is 0 Å². The predicted molar refractivity (Wildman–Crippen MR) is 95.0 cm³/mol. The van der Waals surface area contributed by atoms with Crippen LogP contribution in [0.1, 0.15) is 13.8 Å². The van der Waals surface area contributed by atoms with E-state index in [1.807, 2.05) is 32.3 Å². The Morgan fingerprint density at radius 3 is 2.74 bits per heavy atom. The number of anilines is 2. The van der Waals surface area contributed by atoms with Crippen molar-refractivity contribution in [1.29, 1.82) is 0 Å². The number of carbonyl (C=O) groups excluding carboxylic acids is 1. The van der Waals surface area contributed by atoms with Crippen LogP contribution >= 0.6 is 0 Å². The maximum absolute atomic E-state index is 12.4. The molecule has 1 aromatic heterocycles. The number of aromatic nitrogens is 1. The van der Waals surface area contributed by atoms with Crippen LogP contribution in [0.25, 0.3) is 0 Å². The van der Waals surface area contributed by atoms with Crippen molar-refractivity contribution in [3.05, 3.63) is 30.6 Å². The molecule has 2 aliphatic heterocycles. The summed E-state index contributed by atoms with van der Waals surface area (Å²) in [5, 5.41) is 3.45. The Balaban J connectivity index is 1.64. The van der Waals surface area contributed by atoms with E-state index in [0.717, 1.165) is 37.7 Å². The van der Waals surface area contributed by atoms with Crippen LogP contribution in [0.2, 0.25) is 0 Å². The Bertz CT molecular complexity index is 611. The van der Waals surface area contributed by atoms with E-state index >= 15 is 0 Å². The minimum absolute atomic E-state index is 0.178. The summed E-state index contributed by atoms with van der Waals surface area (Å²) in [5.74, 6) is 0.987. The third kappa shape index (κ3) is 3.88. The van der Waals surface area contributed by atoms with Crippen LogP contribution in [0.15, 0.2) is 30.6 Å². The molecule has 0 bridgehead atoms. The van der Waals surface area contributed by atoms with Gasteiger partial charge in [-0.05, 0) is 0 Å². The van der Waals surface area contributed by atoms with Crippen LogP contribution in [-0.2, 0) is 0 Å². The van der Waals surface area contributed by atoms with E-state index in [-0.39, 0.29) is 6.03 Å². The number of allylic oxidation sites excluding steroid dienone is 1. The molecule has 120 valence electrons. The average Bonchev–Trinajstić information content (AvgIpc) is 3.09. The number of amides is 2. The number of nitrogens with zero attached hydrogens (tertiary/aromatic N) is 4. The minimum atomic E-state index is -1.00. The number of piperazine rings is 1. The third-order valence-electron chi connectivity index (χ3n) is 3.91. The normalized spacial score (nSPS) is 16.9. The van der Waals surface area contributed by atoms with E-state index in [1.54, 1.807) is 0 Å². The zero-order valence-electron chi connectivity index (χ0n) is 13.6. The van der Waals surface area contributed by atoms with Gasteiger partial charge in [0.05, 0.1) is 0 Å². The van der Waals surface area contributed by atoms with Crippen molar-refractivity contribution in [2.45, 2.75) is 19.9 Å². The molecule has 1 N–H and O–H groups in total. The van der Waals surface area contributed by atoms with Gasteiger partial charge in [-0.1, -0.05) is 0 Å². The quantitative estimate of drug-likeness (QED) is 0.811. The van der Waals surface area contributed by atoms with E-state index in [1.165, 1.54) is 0 Å². The van der Waals surface area contributed by atoms with Crippen LogP contribution in [0, 0.1) is 0 Å². The Labute approximate surface area is 148 Å². The Morgan fingerprint density at radius 1 is 1.30 bits per heavy atom. The van der Waals surface area contributed by atoms with Crippen molar-refractivity contribution in [2.75, 3.05) is 36.4 Å². The van der Waals surface area contributed by atoms with Gasteiger partial charge in [-0.2, -0.15) is 0 Å². The Kier molecular flexibility index (Phi) is 5.25. The SMILES string of the molecule is CC(C)Nc1cccnc1N1CCN(C(=O)[N]2C=C[CH]=[In]2)CC1. The molecule has 3 rings (SSSR count). The molecule has 7 heteroatoms. The molecule has 1 saturated heterocycles. The van der Waals surface area contributed by atoms with Crippen LogP contribution in [0.5, 0.6) is 0 Å². The van der Waals surface area contributed by atoms with Crippen molar-refractivity contribution in [2.24, 2.45) is 0 Å². The Hall–Kier alpha value is -1.50. The third-order valence-corrected chi connectivity index (χ3v) is 7.07. The summed E-state index contributed by atoms with van der Waals surface area (Å²) in [6.07, 6.45) is 5.77. The zero-order chi connectivity index (χ0) is 16.2. The summed E-state index contributed by atoms with van der Waals surface area (Å²) >= 11 is -1.00. The molecule has 0 spiro atoms. The first kappa shape index (κ1) is 16.4. The molecular weight excluding hydrogens is 393 g/mol. The summed E-state index contributed by atoms with van der Waals surface area (Å²) in [4.78, 5) is 21.2. The van der Waals surface area contributed by atoms with Gasteiger partial charge in [0.25, 0.3) is 0 Å². The number of rotatable bonds is 3. The second kappa shape index (κ2) is 7.38. The first-order valence-electron chi connectivity index (χ1n) is 8.04. The van der Waals surface area contributed by atoms with E-state index in [0.29, 0.717) is 6.04 Å². The zero-order valence-corrected chi connectivity index (χ0v) is 16.9. The summed E-state index contributed by atoms with van der Waals surface area (Å²) in [6.45, 7) is 7.40. The summed E-state index contributed by atoms with van der Waals surface area (Å²) in [7, 11) is 0. The molecule has 0 aliphatic carbocycles. The molecule has 0 radical (unpaired) electrons. The molecule has 0 saturated carbocycles. The molecule has 0 unspecified atom stereocenters. The summed E-state index contributed by atoms with van der Waals surface area (Å²) < 4.78 is 4.12. The monoisotopic (exact) mass is 415 g/mol. The first-order chi connectivity index (χ1) is 11.1. The number of hydrogen-bond donors (Lipinski definition) is 1. The number of urea groups is 1. The Morgan fingerprint density at radius 2 is 2.09 bits per heavy atom. The van der Waals surface area contributed by atoms with E-state index < -0.39 is 22.7 Å². The molecule has 0 aromatic carbocycles.